The van der Waals surface area contributed by atoms with Crippen molar-refractivity contribution >= 4 is 5.69 Å². The second kappa shape index (κ2) is 8.86. The molecule has 0 radical (unpaired) electrons. The molecule has 29 heavy (non-hydrogen) atoms. The Labute approximate surface area is 176 Å². The van der Waals surface area contributed by atoms with E-state index in [1.165, 1.54) is 48.1 Å². The first-order valence-corrected chi connectivity index (χ1v) is 11.4. The van der Waals surface area contributed by atoms with Crippen molar-refractivity contribution in [3.63, 3.8) is 0 Å². The Balaban J connectivity index is 1.70. The molecule has 1 saturated heterocycles. The Kier molecular flexibility index (Phi) is 6.23. The number of nitrogens with zero attached hydrogens (tertiary/aromatic N) is 1. The molecule has 4 rings (SSSR count). The van der Waals surface area contributed by atoms with Crippen molar-refractivity contribution in [2.24, 2.45) is 0 Å². The van der Waals surface area contributed by atoms with Crippen LogP contribution < -0.4 is 21.1 Å². The third-order valence-corrected chi connectivity index (χ3v) is 6.59. The lowest BCUT2D eigenvalue weighted by molar-refractivity contribution is 0.110. The second-order valence-electron chi connectivity index (χ2n) is 8.78. The summed E-state index contributed by atoms with van der Waals surface area (Å²) >= 11 is 0. The average molecular weight is 393 g/mol. The van der Waals surface area contributed by atoms with Gasteiger partial charge in [-0.05, 0) is 43.0 Å². The van der Waals surface area contributed by atoms with Gasteiger partial charge in [-0.1, -0.05) is 75.1 Å². The van der Waals surface area contributed by atoms with Crippen LogP contribution in [0.15, 0.2) is 48.5 Å². The van der Waals surface area contributed by atoms with Crippen molar-refractivity contribution in [2.75, 3.05) is 11.4 Å². The van der Waals surface area contributed by atoms with Gasteiger partial charge in [-0.2, -0.15) is 0 Å². The van der Waals surface area contributed by atoms with E-state index in [-0.39, 0.29) is 17.7 Å². The van der Waals surface area contributed by atoms with Crippen LogP contribution in [0.1, 0.15) is 81.6 Å². The Hall–Kier alpha value is -1.88. The van der Waals surface area contributed by atoms with E-state index >= 15 is 0 Å². The molecule has 0 bridgehead atoms. The fourth-order valence-corrected chi connectivity index (χ4v) is 4.93. The lowest BCUT2D eigenvalue weighted by Gasteiger charge is -2.48. The van der Waals surface area contributed by atoms with Crippen LogP contribution in [0.5, 0.6) is 0 Å². The van der Waals surface area contributed by atoms with Crippen molar-refractivity contribution in [1.29, 1.82) is 0 Å². The predicted molar refractivity (Wildman–Crippen MR) is 122 cm³/mol. The molecule has 3 atom stereocenters. The maximum Gasteiger partial charge on any atom is 0.0794 e. The van der Waals surface area contributed by atoms with Gasteiger partial charge in [0.25, 0.3) is 0 Å². The zero-order valence-corrected chi connectivity index (χ0v) is 18.2. The summed E-state index contributed by atoms with van der Waals surface area (Å²) in [4.78, 5) is 2.51. The van der Waals surface area contributed by atoms with Gasteiger partial charge in [-0.25, -0.2) is 10.9 Å². The number of anilines is 1. The van der Waals surface area contributed by atoms with Gasteiger partial charge in [-0.15, -0.1) is 0 Å². The number of fused-ring (bicyclic) bond motifs is 5. The van der Waals surface area contributed by atoms with Crippen LogP contribution in [0.2, 0.25) is 0 Å². The average Bonchev–Trinajstić information content (AvgIpc) is 2.75. The van der Waals surface area contributed by atoms with E-state index in [0.29, 0.717) is 0 Å². The van der Waals surface area contributed by atoms with Gasteiger partial charge in [0.2, 0.25) is 0 Å². The van der Waals surface area contributed by atoms with Crippen LogP contribution in [-0.2, 0) is 6.54 Å². The third kappa shape index (κ3) is 4.20. The van der Waals surface area contributed by atoms with Crippen LogP contribution >= 0.6 is 0 Å². The number of para-hydroxylation sites is 1. The number of hydrogen-bond donors (Lipinski definition) is 3. The monoisotopic (exact) mass is 392 g/mol. The van der Waals surface area contributed by atoms with E-state index < -0.39 is 0 Å². The molecule has 2 heterocycles. The van der Waals surface area contributed by atoms with Crippen molar-refractivity contribution in [3.8, 4) is 0 Å². The Bertz CT molecular complexity index is 820. The minimum absolute atomic E-state index is 0.118. The summed E-state index contributed by atoms with van der Waals surface area (Å²) in [6.07, 6.45) is 6.24. The highest BCUT2D eigenvalue weighted by molar-refractivity contribution is 5.58. The summed E-state index contributed by atoms with van der Waals surface area (Å²) in [5.41, 5.74) is 12.8. The zero-order valence-electron chi connectivity index (χ0n) is 18.2. The molecular weight excluding hydrogens is 356 g/mol. The molecule has 0 amide bonds. The second-order valence-corrected chi connectivity index (χ2v) is 8.78. The normalized spacial score (nSPS) is 26.1. The van der Waals surface area contributed by atoms with Gasteiger partial charge >= 0.3 is 0 Å². The maximum absolute atomic E-state index is 4.02. The lowest BCUT2D eigenvalue weighted by Crippen LogP contribution is -2.67. The van der Waals surface area contributed by atoms with Gasteiger partial charge in [0.1, 0.15) is 0 Å². The molecule has 1 fully saturated rings. The number of unbranched alkanes of at least 4 members (excludes halogenated alkanes) is 3. The summed E-state index contributed by atoms with van der Waals surface area (Å²) in [5, 5.41) is 4.02. The number of hydrazine groups is 1. The number of hydrogen-bond acceptors (Lipinski definition) is 4. The predicted octanol–water partition coefficient (Wildman–Crippen LogP) is 5.19. The number of nitrogens with one attached hydrogen (secondary N) is 3. The van der Waals surface area contributed by atoms with Crippen LogP contribution in [0, 0.1) is 0 Å². The third-order valence-electron chi connectivity index (χ3n) is 6.59. The first kappa shape index (κ1) is 20.4. The van der Waals surface area contributed by atoms with Crippen molar-refractivity contribution in [2.45, 2.75) is 77.2 Å². The van der Waals surface area contributed by atoms with Crippen molar-refractivity contribution in [3.05, 3.63) is 65.2 Å². The molecule has 0 spiro atoms. The molecule has 3 unspecified atom stereocenters. The van der Waals surface area contributed by atoms with Crippen LogP contribution in [0.4, 0.5) is 5.69 Å². The largest absolute Gasteiger partial charge is 0.367 e. The maximum atomic E-state index is 4.02. The van der Waals surface area contributed by atoms with E-state index in [0.717, 1.165) is 19.5 Å². The summed E-state index contributed by atoms with van der Waals surface area (Å²) < 4.78 is 0. The van der Waals surface area contributed by atoms with Gasteiger partial charge in [-0.3, -0.25) is 5.32 Å². The van der Waals surface area contributed by atoms with E-state index in [1.807, 2.05) is 0 Å². The smallest absolute Gasteiger partial charge is 0.0794 e. The molecule has 4 nitrogen and oxygen atoms in total. The van der Waals surface area contributed by atoms with Crippen molar-refractivity contribution < 1.29 is 0 Å². The van der Waals surface area contributed by atoms with Crippen molar-refractivity contribution in [1.82, 2.24) is 16.2 Å². The topological polar surface area (TPSA) is 39.3 Å². The summed E-state index contributed by atoms with van der Waals surface area (Å²) in [6, 6.07) is 18.3. The molecule has 156 valence electrons. The highest BCUT2D eigenvalue weighted by Gasteiger charge is 2.40. The number of benzene rings is 2. The highest BCUT2D eigenvalue weighted by atomic mass is 15.5. The minimum Gasteiger partial charge on any atom is -0.367 e. The molecule has 2 aromatic carbocycles. The molecule has 2 aromatic rings. The molecule has 0 aromatic heterocycles. The van der Waals surface area contributed by atoms with E-state index in [9.17, 15) is 0 Å². The van der Waals surface area contributed by atoms with Gasteiger partial charge in [0, 0.05) is 18.8 Å². The first-order valence-electron chi connectivity index (χ1n) is 11.4. The van der Waals surface area contributed by atoms with Crippen LogP contribution in [0.25, 0.3) is 0 Å². The SMILES string of the molecule is CCCCCCC1(C)NNC2c3ccccc3CN(CC)c3ccccc3C2N1. The molecule has 2 aliphatic heterocycles. The standard InChI is InChI=1S/C25H36N4/c1-4-6-7-12-17-25(3)26-23-21-15-10-11-16-22(21)29(5-2)18-19-13-8-9-14-20(19)24(23)27-28-25/h8-11,13-16,23-24,26-28H,4-7,12,17-18H2,1-3H3. The quantitative estimate of drug-likeness (QED) is 0.592. The molecule has 0 saturated carbocycles. The summed E-state index contributed by atoms with van der Waals surface area (Å²) in [6.45, 7) is 8.77. The molecular formula is C25H36N4. The highest BCUT2D eigenvalue weighted by Crippen LogP contribution is 2.41. The fourth-order valence-electron chi connectivity index (χ4n) is 4.93. The Morgan fingerprint density at radius 1 is 0.931 bits per heavy atom. The summed E-state index contributed by atoms with van der Waals surface area (Å²) in [5.74, 6) is 0. The zero-order chi connectivity index (χ0) is 20.3. The van der Waals surface area contributed by atoms with E-state index in [1.54, 1.807) is 0 Å². The minimum atomic E-state index is -0.118. The lowest BCUT2D eigenvalue weighted by atomic mass is 9.85. The first-order chi connectivity index (χ1) is 14.1. The van der Waals surface area contributed by atoms with Gasteiger partial charge in [0.05, 0.1) is 17.7 Å². The van der Waals surface area contributed by atoms with Gasteiger partial charge < -0.3 is 4.90 Å². The van der Waals surface area contributed by atoms with Gasteiger partial charge in [0.15, 0.2) is 0 Å². The Morgan fingerprint density at radius 3 is 2.48 bits per heavy atom. The number of rotatable bonds is 6. The van der Waals surface area contributed by atoms with Crippen LogP contribution in [-0.4, -0.2) is 12.2 Å². The molecule has 3 N–H and O–H groups in total. The molecule has 4 heteroatoms. The van der Waals surface area contributed by atoms with E-state index in [4.69, 9.17) is 0 Å². The molecule has 2 aliphatic rings. The van der Waals surface area contributed by atoms with E-state index in [2.05, 4.69) is 90.4 Å². The molecule has 0 aliphatic carbocycles. The summed E-state index contributed by atoms with van der Waals surface area (Å²) in [7, 11) is 0. The fraction of sp³-hybridized carbons (Fsp3) is 0.520. The Morgan fingerprint density at radius 2 is 1.69 bits per heavy atom. The van der Waals surface area contributed by atoms with Crippen LogP contribution in [0.3, 0.4) is 0 Å².